The predicted molar refractivity (Wildman–Crippen MR) is 111 cm³/mol. The van der Waals surface area contributed by atoms with Gasteiger partial charge < -0.3 is 15.4 Å². The molecule has 2 unspecified atom stereocenters. The van der Waals surface area contributed by atoms with Crippen LogP contribution >= 0.6 is 0 Å². The number of halogens is 1. The number of nitrogens with one attached hydrogen (secondary N) is 2. The summed E-state index contributed by atoms with van der Waals surface area (Å²) in [5.74, 6) is 0.622. The van der Waals surface area contributed by atoms with Crippen molar-refractivity contribution in [3.05, 3.63) is 47.0 Å². The third-order valence-corrected chi connectivity index (χ3v) is 4.86. The summed E-state index contributed by atoms with van der Waals surface area (Å²) >= 11 is 0. The molecule has 2 N–H and O–H groups in total. The summed E-state index contributed by atoms with van der Waals surface area (Å²) in [4.78, 5) is 4.29. The normalized spacial score (nSPS) is 13.9. The lowest BCUT2D eigenvalue weighted by molar-refractivity contribution is 0.191. The van der Waals surface area contributed by atoms with Gasteiger partial charge in [-0.15, -0.1) is 0 Å². The Morgan fingerprint density at radius 3 is 2.61 bits per heavy atom. The third-order valence-electron chi connectivity index (χ3n) is 4.86. The van der Waals surface area contributed by atoms with Crippen LogP contribution in [-0.4, -0.2) is 41.5 Å². The maximum absolute atomic E-state index is 13.8. The molecule has 0 radical (unpaired) electrons. The van der Waals surface area contributed by atoms with Gasteiger partial charge in [0.05, 0.1) is 12.2 Å². The van der Waals surface area contributed by atoms with Crippen molar-refractivity contribution in [1.29, 1.82) is 0 Å². The highest BCUT2D eigenvalue weighted by Gasteiger charge is 2.15. The molecule has 2 rings (SSSR count). The monoisotopic (exact) mass is 389 g/mol. The summed E-state index contributed by atoms with van der Waals surface area (Å²) in [6, 6.07) is 6.65. The second kappa shape index (κ2) is 10.1. The molecule has 1 aromatic heterocycles. The number of aromatic nitrogens is 2. The Hall–Kier alpha value is -2.57. The Bertz CT molecular complexity index is 802. The Kier molecular flexibility index (Phi) is 7.84. The fraction of sp³-hybridized carbons (Fsp3) is 0.524. The van der Waals surface area contributed by atoms with Crippen molar-refractivity contribution in [3.8, 4) is 5.75 Å². The first-order valence-electron chi connectivity index (χ1n) is 9.73. The number of nitrogens with zero attached hydrogens (tertiary/aromatic N) is 3. The van der Waals surface area contributed by atoms with Gasteiger partial charge >= 0.3 is 0 Å². The Balaban J connectivity index is 1.89. The summed E-state index contributed by atoms with van der Waals surface area (Å²) < 4.78 is 21.5. The minimum Gasteiger partial charge on any atom is -0.486 e. The van der Waals surface area contributed by atoms with Crippen molar-refractivity contribution < 1.29 is 9.13 Å². The van der Waals surface area contributed by atoms with E-state index in [1.807, 2.05) is 25.6 Å². The van der Waals surface area contributed by atoms with Crippen molar-refractivity contribution in [1.82, 2.24) is 20.4 Å². The maximum atomic E-state index is 13.8. The van der Waals surface area contributed by atoms with Crippen LogP contribution in [0, 0.1) is 19.7 Å². The number of ether oxygens (including phenoxy) is 1. The van der Waals surface area contributed by atoms with Crippen molar-refractivity contribution in [2.75, 3.05) is 13.6 Å². The van der Waals surface area contributed by atoms with Crippen molar-refractivity contribution >= 4 is 5.96 Å². The molecule has 0 bridgehead atoms. The fourth-order valence-electron chi connectivity index (χ4n) is 3.10. The van der Waals surface area contributed by atoms with Crippen LogP contribution in [0.3, 0.4) is 0 Å². The number of para-hydroxylation sites is 1. The van der Waals surface area contributed by atoms with E-state index in [9.17, 15) is 4.39 Å². The van der Waals surface area contributed by atoms with Gasteiger partial charge in [-0.2, -0.15) is 5.10 Å². The van der Waals surface area contributed by atoms with E-state index in [1.54, 1.807) is 25.2 Å². The van der Waals surface area contributed by atoms with Gasteiger partial charge in [-0.25, -0.2) is 4.39 Å². The smallest absolute Gasteiger partial charge is 0.191 e. The molecule has 0 fully saturated rings. The van der Waals surface area contributed by atoms with Crippen LogP contribution < -0.4 is 15.4 Å². The van der Waals surface area contributed by atoms with E-state index >= 15 is 0 Å². The molecule has 0 saturated carbocycles. The molecule has 0 aliphatic rings. The number of benzene rings is 1. The average molecular weight is 390 g/mol. The molecule has 0 amide bonds. The SMILES string of the molecule is CCC(CNC(=NC)NC(C)Cc1c(C)nn(C)c1C)Oc1ccccc1F. The largest absolute Gasteiger partial charge is 0.486 e. The van der Waals surface area contributed by atoms with E-state index in [0.717, 1.165) is 18.5 Å². The van der Waals surface area contributed by atoms with Crippen LogP contribution in [0.4, 0.5) is 4.39 Å². The minimum absolute atomic E-state index is 0.159. The van der Waals surface area contributed by atoms with Crippen LogP contribution in [0.5, 0.6) is 5.75 Å². The standard InChI is InChI=1S/C21H32FN5O/c1-7-17(28-20-11-9-8-10-19(20)22)13-24-21(23-5)25-14(2)12-18-15(3)26-27(6)16(18)4/h8-11,14,17H,7,12-13H2,1-6H3,(H2,23,24,25). The van der Waals surface area contributed by atoms with Crippen LogP contribution in [0.2, 0.25) is 0 Å². The zero-order valence-electron chi connectivity index (χ0n) is 17.7. The third kappa shape index (κ3) is 5.71. The van der Waals surface area contributed by atoms with E-state index in [0.29, 0.717) is 12.5 Å². The second-order valence-electron chi connectivity index (χ2n) is 7.05. The molecule has 154 valence electrons. The summed E-state index contributed by atoms with van der Waals surface area (Å²) in [6.45, 7) is 8.78. The van der Waals surface area contributed by atoms with E-state index in [4.69, 9.17) is 4.74 Å². The maximum Gasteiger partial charge on any atom is 0.191 e. The molecule has 6 nitrogen and oxygen atoms in total. The van der Waals surface area contributed by atoms with Gasteiger partial charge in [-0.3, -0.25) is 9.67 Å². The summed E-state index contributed by atoms with van der Waals surface area (Å²) in [7, 11) is 3.70. The lowest BCUT2D eigenvalue weighted by Crippen LogP contribution is -2.46. The first-order chi connectivity index (χ1) is 13.3. The molecule has 0 saturated heterocycles. The van der Waals surface area contributed by atoms with Gasteiger partial charge in [-0.1, -0.05) is 19.1 Å². The van der Waals surface area contributed by atoms with Crippen molar-refractivity contribution in [3.63, 3.8) is 0 Å². The van der Waals surface area contributed by atoms with E-state index in [-0.39, 0.29) is 23.7 Å². The molecule has 0 aliphatic heterocycles. The van der Waals surface area contributed by atoms with Gasteiger partial charge in [0.1, 0.15) is 6.10 Å². The number of rotatable bonds is 8. The van der Waals surface area contributed by atoms with E-state index in [2.05, 4.69) is 34.6 Å². The van der Waals surface area contributed by atoms with Crippen LogP contribution in [0.25, 0.3) is 0 Å². The lowest BCUT2D eigenvalue weighted by Gasteiger charge is -2.22. The van der Waals surface area contributed by atoms with Crippen molar-refractivity contribution in [2.45, 2.75) is 52.7 Å². The first kappa shape index (κ1) is 21.7. The zero-order chi connectivity index (χ0) is 20.7. The van der Waals surface area contributed by atoms with Gasteiger partial charge in [0.25, 0.3) is 0 Å². The molecule has 0 spiro atoms. The second-order valence-corrected chi connectivity index (χ2v) is 7.05. The molecule has 0 aliphatic carbocycles. The Labute approximate surface area is 167 Å². The number of guanidine groups is 1. The number of hydrogen-bond acceptors (Lipinski definition) is 3. The average Bonchev–Trinajstić information content (AvgIpc) is 2.91. The first-order valence-corrected chi connectivity index (χ1v) is 9.73. The zero-order valence-corrected chi connectivity index (χ0v) is 17.7. The topological polar surface area (TPSA) is 63.5 Å². The molecule has 1 aromatic carbocycles. The van der Waals surface area contributed by atoms with Gasteiger partial charge in [0.15, 0.2) is 17.5 Å². The molecule has 2 atom stereocenters. The summed E-state index contributed by atoms with van der Waals surface area (Å²) in [5, 5.41) is 11.2. The summed E-state index contributed by atoms with van der Waals surface area (Å²) in [6.07, 6.45) is 1.45. The minimum atomic E-state index is -0.348. The van der Waals surface area contributed by atoms with E-state index < -0.39 is 0 Å². The molecule has 28 heavy (non-hydrogen) atoms. The van der Waals surface area contributed by atoms with Crippen molar-refractivity contribution in [2.24, 2.45) is 12.0 Å². The number of aliphatic imine (C=N–C) groups is 1. The number of aryl methyl sites for hydroxylation is 2. The molecular formula is C21H32FN5O. The molecular weight excluding hydrogens is 357 g/mol. The van der Waals surface area contributed by atoms with Crippen LogP contribution in [0.15, 0.2) is 29.3 Å². The quantitative estimate of drug-likeness (QED) is 0.538. The Morgan fingerprint density at radius 1 is 1.32 bits per heavy atom. The molecule has 1 heterocycles. The van der Waals surface area contributed by atoms with E-state index in [1.165, 1.54) is 17.3 Å². The number of hydrogen-bond donors (Lipinski definition) is 2. The van der Waals surface area contributed by atoms with Gasteiger partial charge in [0.2, 0.25) is 0 Å². The highest BCUT2D eigenvalue weighted by Crippen LogP contribution is 2.18. The van der Waals surface area contributed by atoms with Gasteiger partial charge in [-0.05, 0) is 51.3 Å². The van der Waals surface area contributed by atoms with Gasteiger partial charge in [0, 0.05) is 25.8 Å². The van der Waals surface area contributed by atoms with Crippen LogP contribution in [0.1, 0.15) is 37.2 Å². The fourth-order valence-corrected chi connectivity index (χ4v) is 3.10. The van der Waals surface area contributed by atoms with Crippen LogP contribution in [-0.2, 0) is 13.5 Å². The lowest BCUT2D eigenvalue weighted by atomic mass is 10.1. The molecule has 7 heteroatoms. The Morgan fingerprint density at radius 2 is 2.04 bits per heavy atom. The molecule has 2 aromatic rings. The predicted octanol–water partition coefficient (Wildman–Crippen LogP) is 3.13. The highest BCUT2D eigenvalue weighted by molar-refractivity contribution is 5.80. The summed E-state index contributed by atoms with van der Waals surface area (Å²) in [5.41, 5.74) is 3.49. The highest BCUT2D eigenvalue weighted by atomic mass is 19.1.